The number of carbonyl (C=O) groups is 1. The molecule has 1 heterocycles. The van der Waals surface area contributed by atoms with Crippen LogP contribution in [0.2, 0.25) is 0 Å². The molecule has 18 heavy (non-hydrogen) atoms. The quantitative estimate of drug-likeness (QED) is 0.340. The zero-order valence-corrected chi connectivity index (χ0v) is 11.5. The Balaban J connectivity index is 1.91. The maximum absolute atomic E-state index is 12.2. The van der Waals surface area contributed by atoms with E-state index in [1.54, 1.807) is 0 Å². The van der Waals surface area contributed by atoms with Gasteiger partial charge in [-0.1, -0.05) is 24.6 Å². The van der Waals surface area contributed by atoms with E-state index in [9.17, 15) is 4.79 Å². The number of piperidine rings is 1. The van der Waals surface area contributed by atoms with E-state index in [0.29, 0.717) is 11.8 Å². The minimum atomic E-state index is 0.184. The van der Waals surface area contributed by atoms with Gasteiger partial charge in [-0.2, -0.15) is 5.10 Å². The number of hydrazone groups is 1. The molecule has 6 heteroatoms. The Bertz CT molecular complexity index is 332. The second kappa shape index (κ2) is 6.31. The number of nitrogens with two attached hydrogens (primary N) is 2. The van der Waals surface area contributed by atoms with Crippen molar-refractivity contribution in [3.63, 3.8) is 0 Å². The molecule has 2 rings (SSSR count). The van der Waals surface area contributed by atoms with E-state index < -0.39 is 0 Å². The SMILES string of the molecule is NN=C(N)SCC(=O)N1CCCC2CCCCC21. The lowest BCUT2D eigenvalue weighted by Crippen LogP contribution is -2.50. The summed E-state index contributed by atoms with van der Waals surface area (Å²) in [4.78, 5) is 14.3. The molecule has 1 amide bonds. The van der Waals surface area contributed by atoms with Crippen LogP contribution in [-0.4, -0.2) is 34.3 Å². The molecule has 0 aromatic rings. The smallest absolute Gasteiger partial charge is 0.233 e. The summed E-state index contributed by atoms with van der Waals surface area (Å²) in [6, 6.07) is 0.469. The third-order valence-electron chi connectivity index (χ3n) is 4.03. The second-order valence-electron chi connectivity index (χ2n) is 5.10. The lowest BCUT2D eigenvalue weighted by molar-refractivity contribution is -0.134. The lowest BCUT2D eigenvalue weighted by atomic mass is 9.78. The highest BCUT2D eigenvalue weighted by atomic mass is 32.2. The van der Waals surface area contributed by atoms with Gasteiger partial charge in [-0.25, -0.2) is 0 Å². The van der Waals surface area contributed by atoms with Crippen LogP contribution in [0.3, 0.4) is 0 Å². The highest BCUT2D eigenvalue weighted by Crippen LogP contribution is 2.35. The summed E-state index contributed by atoms with van der Waals surface area (Å²) in [6.07, 6.45) is 7.46. The van der Waals surface area contributed by atoms with Gasteiger partial charge in [0.25, 0.3) is 0 Å². The molecule has 1 saturated carbocycles. The largest absolute Gasteiger partial charge is 0.377 e. The molecule has 0 radical (unpaired) electrons. The molecule has 4 N–H and O–H groups in total. The fraction of sp³-hybridized carbons (Fsp3) is 0.833. The van der Waals surface area contributed by atoms with E-state index in [1.807, 2.05) is 0 Å². The summed E-state index contributed by atoms with van der Waals surface area (Å²) in [5, 5.41) is 3.65. The zero-order valence-electron chi connectivity index (χ0n) is 10.7. The van der Waals surface area contributed by atoms with E-state index in [0.717, 1.165) is 18.9 Å². The number of nitrogens with zero attached hydrogens (tertiary/aromatic N) is 2. The number of hydrogen-bond donors (Lipinski definition) is 2. The van der Waals surface area contributed by atoms with E-state index in [1.165, 1.54) is 43.9 Å². The Morgan fingerprint density at radius 2 is 2.00 bits per heavy atom. The molecule has 0 bridgehead atoms. The summed E-state index contributed by atoms with van der Waals surface area (Å²) < 4.78 is 0. The van der Waals surface area contributed by atoms with Crippen molar-refractivity contribution in [3.05, 3.63) is 0 Å². The molecule has 2 aliphatic rings. The summed E-state index contributed by atoms with van der Waals surface area (Å²) in [7, 11) is 0. The number of amides is 1. The van der Waals surface area contributed by atoms with Crippen LogP contribution in [0, 0.1) is 5.92 Å². The maximum atomic E-state index is 12.2. The molecule has 0 aromatic heterocycles. The van der Waals surface area contributed by atoms with Gasteiger partial charge in [-0.15, -0.1) is 0 Å². The molecule has 2 atom stereocenters. The number of amidine groups is 1. The van der Waals surface area contributed by atoms with E-state index in [4.69, 9.17) is 11.6 Å². The first-order chi connectivity index (χ1) is 8.72. The summed E-state index contributed by atoms with van der Waals surface area (Å²) in [5.74, 6) is 6.32. The predicted octanol–water partition coefficient (Wildman–Crippen LogP) is 1.09. The van der Waals surface area contributed by atoms with Crippen LogP contribution in [0.15, 0.2) is 5.10 Å². The van der Waals surface area contributed by atoms with Crippen molar-refractivity contribution >= 4 is 22.8 Å². The normalized spacial score (nSPS) is 28.9. The second-order valence-corrected chi connectivity index (χ2v) is 6.09. The van der Waals surface area contributed by atoms with Crippen molar-refractivity contribution in [2.24, 2.45) is 22.6 Å². The van der Waals surface area contributed by atoms with Crippen molar-refractivity contribution in [1.82, 2.24) is 4.90 Å². The van der Waals surface area contributed by atoms with Crippen molar-refractivity contribution in [2.45, 2.75) is 44.6 Å². The first-order valence-electron chi connectivity index (χ1n) is 6.68. The molecule has 1 aliphatic heterocycles. The van der Waals surface area contributed by atoms with Crippen LogP contribution in [0.5, 0.6) is 0 Å². The third-order valence-corrected chi connectivity index (χ3v) is 4.83. The van der Waals surface area contributed by atoms with Gasteiger partial charge in [0.05, 0.1) is 5.75 Å². The molecule has 1 saturated heterocycles. The lowest BCUT2D eigenvalue weighted by Gasteiger charge is -2.44. The number of rotatable bonds is 2. The third kappa shape index (κ3) is 3.10. The highest BCUT2D eigenvalue weighted by Gasteiger charge is 2.35. The van der Waals surface area contributed by atoms with Crippen molar-refractivity contribution in [1.29, 1.82) is 0 Å². The Morgan fingerprint density at radius 1 is 1.28 bits per heavy atom. The molecule has 2 unspecified atom stereocenters. The molecular weight excluding hydrogens is 248 g/mol. The summed E-state index contributed by atoms with van der Waals surface area (Å²) >= 11 is 1.23. The first kappa shape index (κ1) is 13.5. The standard InChI is InChI=1S/C12H22N4OS/c13-12(15-14)18-8-11(17)16-7-3-5-9-4-1-2-6-10(9)16/h9-10H,1-8,14H2,(H2,13,15). The Labute approximate surface area is 112 Å². The fourth-order valence-electron chi connectivity index (χ4n) is 3.19. The number of hydrogen-bond acceptors (Lipinski definition) is 4. The van der Waals surface area contributed by atoms with Crippen LogP contribution < -0.4 is 11.6 Å². The number of likely N-dealkylation sites (tertiary alicyclic amines) is 1. The van der Waals surface area contributed by atoms with Crippen LogP contribution in [-0.2, 0) is 4.79 Å². The molecule has 1 aliphatic carbocycles. The maximum Gasteiger partial charge on any atom is 0.233 e. The van der Waals surface area contributed by atoms with Crippen LogP contribution in [0.1, 0.15) is 38.5 Å². The average Bonchev–Trinajstić information content (AvgIpc) is 2.43. The van der Waals surface area contributed by atoms with Gasteiger partial charge in [-0.05, 0) is 31.6 Å². The van der Waals surface area contributed by atoms with Gasteiger partial charge in [0.1, 0.15) is 0 Å². The van der Waals surface area contributed by atoms with Crippen molar-refractivity contribution < 1.29 is 4.79 Å². The number of fused-ring (bicyclic) bond motifs is 1. The van der Waals surface area contributed by atoms with Crippen LogP contribution >= 0.6 is 11.8 Å². The topological polar surface area (TPSA) is 84.7 Å². The average molecular weight is 270 g/mol. The van der Waals surface area contributed by atoms with Crippen LogP contribution in [0.4, 0.5) is 0 Å². The van der Waals surface area contributed by atoms with Gasteiger partial charge in [-0.3, -0.25) is 4.79 Å². The molecule has 5 nitrogen and oxygen atoms in total. The van der Waals surface area contributed by atoms with E-state index in [2.05, 4.69) is 10.0 Å². The molecule has 2 fully saturated rings. The zero-order chi connectivity index (χ0) is 13.0. The Kier molecular flexibility index (Phi) is 4.74. The predicted molar refractivity (Wildman–Crippen MR) is 75.0 cm³/mol. The first-order valence-corrected chi connectivity index (χ1v) is 7.66. The number of carbonyl (C=O) groups excluding carboxylic acids is 1. The molecular formula is C12H22N4OS. The van der Waals surface area contributed by atoms with Gasteiger partial charge in [0, 0.05) is 12.6 Å². The minimum Gasteiger partial charge on any atom is -0.377 e. The summed E-state index contributed by atoms with van der Waals surface area (Å²) in [5.41, 5.74) is 5.50. The fourth-order valence-corrected chi connectivity index (χ4v) is 3.70. The monoisotopic (exact) mass is 270 g/mol. The highest BCUT2D eigenvalue weighted by molar-refractivity contribution is 8.14. The summed E-state index contributed by atoms with van der Waals surface area (Å²) in [6.45, 7) is 0.903. The van der Waals surface area contributed by atoms with E-state index >= 15 is 0 Å². The number of thioether (sulfide) groups is 1. The molecule has 0 spiro atoms. The van der Waals surface area contributed by atoms with Gasteiger partial charge in [0.2, 0.25) is 5.91 Å². The van der Waals surface area contributed by atoms with Crippen molar-refractivity contribution in [2.75, 3.05) is 12.3 Å². The van der Waals surface area contributed by atoms with Gasteiger partial charge < -0.3 is 16.5 Å². The minimum absolute atomic E-state index is 0.184. The van der Waals surface area contributed by atoms with Gasteiger partial charge >= 0.3 is 0 Å². The van der Waals surface area contributed by atoms with Crippen molar-refractivity contribution in [3.8, 4) is 0 Å². The van der Waals surface area contributed by atoms with E-state index in [-0.39, 0.29) is 11.1 Å². The Morgan fingerprint density at radius 3 is 2.78 bits per heavy atom. The van der Waals surface area contributed by atoms with Crippen LogP contribution in [0.25, 0.3) is 0 Å². The molecule has 102 valence electrons. The Hall–Kier alpha value is -0.910. The van der Waals surface area contributed by atoms with Gasteiger partial charge in [0.15, 0.2) is 5.17 Å². The molecule has 0 aromatic carbocycles.